The molecule has 1 aromatic carbocycles. The monoisotopic (exact) mass is 457 g/mol. The number of H-pyrrole nitrogens is 1. The quantitative estimate of drug-likeness (QED) is 0.413. The van der Waals surface area contributed by atoms with Crippen LogP contribution in [0.4, 0.5) is 19.1 Å². The van der Waals surface area contributed by atoms with Gasteiger partial charge in [0.1, 0.15) is 5.03 Å². The maximum atomic E-state index is 13.2. The molecule has 1 atom stereocenters. The first-order chi connectivity index (χ1) is 15.5. The fraction of sp³-hybridized carbons (Fsp3) is 0.238. The van der Waals surface area contributed by atoms with Gasteiger partial charge in [0.25, 0.3) is 0 Å². The first-order valence-electron chi connectivity index (χ1n) is 9.95. The van der Waals surface area contributed by atoms with Gasteiger partial charge in [0.15, 0.2) is 17.0 Å². The lowest BCUT2D eigenvalue weighted by atomic mass is 9.94. The minimum atomic E-state index is -4.54. The molecule has 0 amide bonds. The van der Waals surface area contributed by atoms with E-state index in [4.69, 9.17) is 0 Å². The summed E-state index contributed by atoms with van der Waals surface area (Å²) in [5.74, 6) is 0.504. The smallest absolute Gasteiger partial charge is 0.354 e. The van der Waals surface area contributed by atoms with Crippen molar-refractivity contribution in [2.75, 3.05) is 18.4 Å². The Morgan fingerprint density at radius 3 is 2.84 bits per heavy atom. The van der Waals surface area contributed by atoms with E-state index in [0.29, 0.717) is 28.8 Å². The molecular weight excluding hydrogens is 439 g/mol. The van der Waals surface area contributed by atoms with Crippen LogP contribution in [0.5, 0.6) is 0 Å². The molecule has 1 unspecified atom stereocenters. The second-order valence-electron chi connectivity index (χ2n) is 7.25. The summed E-state index contributed by atoms with van der Waals surface area (Å²) in [6, 6.07) is 11.3. The van der Waals surface area contributed by atoms with Gasteiger partial charge in [-0.1, -0.05) is 36.0 Å². The number of aromatic amines is 1. The highest BCUT2D eigenvalue weighted by Gasteiger charge is 2.35. The van der Waals surface area contributed by atoms with E-state index in [1.54, 1.807) is 0 Å². The summed E-state index contributed by atoms with van der Waals surface area (Å²) in [6.45, 7) is 1.52. The molecule has 4 aromatic rings. The molecule has 3 N–H and O–H groups in total. The van der Waals surface area contributed by atoms with Gasteiger partial charge in [-0.05, 0) is 36.2 Å². The summed E-state index contributed by atoms with van der Waals surface area (Å²) in [6.07, 6.45) is -1.02. The van der Waals surface area contributed by atoms with Crippen LogP contribution in [0.25, 0.3) is 11.3 Å². The number of aromatic nitrogens is 5. The Bertz CT molecular complexity index is 1260. The van der Waals surface area contributed by atoms with E-state index >= 15 is 0 Å². The van der Waals surface area contributed by atoms with Crippen molar-refractivity contribution >= 4 is 29.0 Å². The molecule has 0 saturated heterocycles. The van der Waals surface area contributed by atoms with Gasteiger partial charge in [0.2, 0.25) is 5.95 Å². The zero-order valence-corrected chi connectivity index (χ0v) is 17.5. The number of anilines is 1. The van der Waals surface area contributed by atoms with Gasteiger partial charge in [0.05, 0.1) is 6.20 Å². The molecule has 0 radical (unpaired) electrons. The van der Waals surface area contributed by atoms with Gasteiger partial charge in [-0.25, -0.2) is 9.97 Å². The summed E-state index contributed by atoms with van der Waals surface area (Å²) in [5.41, 5.74) is 2.43. The van der Waals surface area contributed by atoms with Crippen LogP contribution in [0.3, 0.4) is 0 Å². The van der Waals surface area contributed by atoms with Crippen molar-refractivity contribution in [2.24, 2.45) is 0 Å². The third-order valence-electron chi connectivity index (χ3n) is 5.13. The number of rotatable bonds is 5. The zero-order chi connectivity index (χ0) is 22.1. The van der Waals surface area contributed by atoms with Crippen LogP contribution in [0.2, 0.25) is 0 Å². The number of fused-ring (bicyclic) bond motifs is 2. The molecule has 4 heterocycles. The number of hydrogen-bond acceptors (Lipinski definition) is 7. The van der Waals surface area contributed by atoms with Gasteiger partial charge < -0.3 is 15.6 Å². The van der Waals surface area contributed by atoms with Crippen LogP contribution in [0, 0.1) is 0 Å². The van der Waals surface area contributed by atoms with Crippen molar-refractivity contribution in [3.8, 4) is 0 Å². The number of hydrogen-bond donors (Lipinski definition) is 3. The molecule has 0 spiro atoms. The van der Waals surface area contributed by atoms with Gasteiger partial charge >= 0.3 is 6.18 Å². The minimum Gasteiger partial charge on any atom is -0.354 e. The number of nitrogens with one attached hydrogen (secondary N) is 3. The fourth-order valence-electron chi connectivity index (χ4n) is 3.68. The lowest BCUT2D eigenvalue weighted by Gasteiger charge is -2.27. The SMILES string of the molecule is FC(F)(F)c1ncccc1Sc1cnc2nc(NCC3NCCc4ccccc43)[nH]c2n1. The van der Waals surface area contributed by atoms with Crippen LogP contribution in [-0.4, -0.2) is 38.0 Å². The molecule has 164 valence electrons. The lowest BCUT2D eigenvalue weighted by molar-refractivity contribution is -0.143. The molecule has 7 nitrogen and oxygen atoms in total. The van der Waals surface area contributed by atoms with Crippen molar-refractivity contribution in [3.63, 3.8) is 0 Å². The van der Waals surface area contributed by atoms with Crippen molar-refractivity contribution in [1.29, 1.82) is 0 Å². The molecule has 11 heteroatoms. The topological polar surface area (TPSA) is 91.4 Å². The van der Waals surface area contributed by atoms with Crippen molar-refractivity contribution in [3.05, 3.63) is 65.6 Å². The second kappa shape index (κ2) is 8.40. The largest absolute Gasteiger partial charge is 0.434 e. The Labute approximate surface area is 185 Å². The van der Waals surface area contributed by atoms with E-state index in [1.165, 1.54) is 29.5 Å². The zero-order valence-electron chi connectivity index (χ0n) is 16.6. The van der Waals surface area contributed by atoms with Crippen molar-refractivity contribution in [1.82, 2.24) is 30.2 Å². The molecule has 0 fully saturated rings. The number of benzene rings is 1. The number of pyridine rings is 1. The molecule has 0 bridgehead atoms. The summed E-state index contributed by atoms with van der Waals surface area (Å²) in [7, 11) is 0. The minimum absolute atomic E-state index is 0.0337. The number of nitrogens with zero attached hydrogens (tertiary/aromatic N) is 4. The molecule has 5 rings (SSSR count). The van der Waals surface area contributed by atoms with E-state index in [0.717, 1.165) is 30.9 Å². The summed E-state index contributed by atoms with van der Waals surface area (Å²) in [4.78, 5) is 19.5. The van der Waals surface area contributed by atoms with Crippen LogP contribution < -0.4 is 10.6 Å². The normalized spacial score (nSPS) is 16.2. The molecule has 0 aliphatic carbocycles. The first-order valence-corrected chi connectivity index (χ1v) is 10.8. The van der Waals surface area contributed by atoms with Crippen molar-refractivity contribution < 1.29 is 13.2 Å². The number of alkyl halides is 3. The van der Waals surface area contributed by atoms with Crippen LogP contribution in [0.1, 0.15) is 22.9 Å². The molecule has 3 aromatic heterocycles. The number of halogens is 3. The van der Waals surface area contributed by atoms with E-state index in [9.17, 15) is 13.2 Å². The van der Waals surface area contributed by atoms with Crippen LogP contribution in [-0.2, 0) is 12.6 Å². The summed E-state index contributed by atoms with van der Waals surface area (Å²) in [5, 5.41) is 7.08. The predicted molar refractivity (Wildman–Crippen MR) is 114 cm³/mol. The molecular formula is C21H18F3N7S. The highest BCUT2D eigenvalue weighted by molar-refractivity contribution is 7.99. The summed E-state index contributed by atoms with van der Waals surface area (Å²) >= 11 is 0.859. The maximum absolute atomic E-state index is 13.2. The third kappa shape index (κ3) is 4.26. The van der Waals surface area contributed by atoms with Gasteiger partial charge in [-0.3, -0.25) is 4.98 Å². The molecule has 0 saturated carbocycles. The van der Waals surface area contributed by atoms with E-state index < -0.39 is 11.9 Å². The van der Waals surface area contributed by atoms with E-state index in [1.807, 2.05) is 12.1 Å². The average Bonchev–Trinajstić information content (AvgIpc) is 3.19. The van der Waals surface area contributed by atoms with E-state index in [-0.39, 0.29) is 10.9 Å². The molecule has 1 aliphatic rings. The maximum Gasteiger partial charge on any atom is 0.434 e. The highest BCUT2D eigenvalue weighted by atomic mass is 32.2. The van der Waals surface area contributed by atoms with Gasteiger partial charge in [0, 0.05) is 23.7 Å². The predicted octanol–water partition coefficient (Wildman–Crippen LogP) is 4.22. The Hall–Kier alpha value is -3.18. The van der Waals surface area contributed by atoms with Crippen LogP contribution in [0.15, 0.2) is 58.7 Å². The van der Waals surface area contributed by atoms with Gasteiger partial charge in [-0.2, -0.15) is 18.2 Å². The first kappa shape index (κ1) is 20.7. The Morgan fingerprint density at radius 1 is 1.09 bits per heavy atom. The lowest BCUT2D eigenvalue weighted by Crippen LogP contribution is -2.34. The molecule has 1 aliphatic heterocycles. The van der Waals surface area contributed by atoms with E-state index in [2.05, 4.69) is 47.7 Å². The Morgan fingerprint density at radius 2 is 1.97 bits per heavy atom. The van der Waals surface area contributed by atoms with Gasteiger partial charge in [-0.15, -0.1) is 0 Å². The standard InChI is InChI=1S/C21H18F3N7S/c22-21(23,24)17-15(6-3-8-26-17)32-16-11-27-18-19(29-16)31-20(30-18)28-10-14-13-5-2-1-4-12(13)7-9-25-14/h1-6,8,11,14,25H,7,9-10H2,(H2,27,28,29,30,31). The van der Waals surface area contributed by atoms with Crippen molar-refractivity contribution in [2.45, 2.75) is 28.6 Å². The average molecular weight is 457 g/mol. The fourth-order valence-corrected chi connectivity index (χ4v) is 4.56. The third-order valence-corrected chi connectivity index (χ3v) is 6.08. The number of imidazole rings is 1. The van der Waals surface area contributed by atoms with Crippen LogP contribution >= 0.6 is 11.8 Å². The Balaban J connectivity index is 1.32. The molecule has 32 heavy (non-hydrogen) atoms. The highest BCUT2D eigenvalue weighted by Crippen LogP contribution is 2.37. The summed E-state index contributed by atoms with van der Waals surface area (Å²) < 4.78 is 39.6. The second-order valence-corrected chi connectivity index (χ2v) is 8.31. The Kier molecular flexibility index (Phi) is 5.43.